The lowest BCUT2D eigenvalue weighted by Crippen LogP contribution is -1.92. The Morgan fingerprint density at radius 3 is 1.45 bits per heavy atom. The van der Waals surface area contributed by atoms with Gasteiger partial charge in [0.25, 0.3) is 5.69 Å². The number of nitro benzene ring substituents is 1. The highest BCUT2D eigenvalue weighted by Crippen LogP contribution is 2.31. The minimum absolute atomic E-state index is 0.000298. The SMILES string of the molecule is O=[N+]([O-])c1ccc(-c2cc(-c3ccc(F)cc3)nc(-c3ccc(F)cc3)c2)cc1. The zero-order chi connectivity index (χ0) is 20.4. The van der Waals surface area contributed by atoms with Crippen LogP contribution in [-0.4, -0.2) is 9.91 Å². The molecule has 0 N–H and O–H groups in total. The Hall–Kier alpha value is -3.93. The number of non-ortho nitro benzene ring substituents is 1. The summed E-state index contributed by atoms with van der Waals surface area (Å²) < 4.78 is 26.6. The molecule has 4 nitrogen and oxygen atoms in total. The van der Waals surface area contributed by atoms with Crippen molar-refractivity contribution in [1.82, 2.24) is 4.98 Å². The zero-order valence-corrected chi connectivity index (χ0v) is 15.0. The highest BCUT2D eigenvalue weighted by atomic mass is 19.1. The van der Waals surface area contributed by atoms with Gasteiger partial charge in [0.2, 0.25) is 0 Å². The van der Waals surface area contributed by atoms with Crippen molar-refractivity contribution in [2.24, 2.45) is 0 Å². The minimum atomic E-state index is -0.454. The zero-order valence-electron chi connectivity index (χ0n) is 15.0. The maximum Gasteiger partial charge on any atom is 0.269 e. The average Bonchev–Trinajstić information content (AvgIpc) is 2.74. The van der Waals surface area contributed by atoms with Gasteiger partial charge in [-0.15, -0.1) is 0 Å². The lowest BCUT2D eigenvalue weighted by atomic mass is 10.00. The maximum absolute atomic E-state index is 13.3. The van der Waals surface area contributed by atoms with Gasteiger partial charge in [-0.3, -0.25) is 10.1 Å². The third-order valence-electron chi connectivity index (χ3n) is 4.52. The number of nitro groups is 1. The Labute approximate surface area is 165 Å². The van der Waals surface area contributed by atoms with Gasteiger partial charge in [-0.25, -0.2) is 13.8 Å². The van der Waals surface area contributed by atoms with E-state index >= 15 is 0 Å². The number of aromatic nitrogens is 1. The summed E-state index contributed by atoms with van der Waals surface area (Å²) in [5.74, 6) is -0.696. The van der Waals surface area contributed by atoms with Crippen LogP contribution in [-0.2, 0) is 0 Å². The molecule has 29 heavy (non-hydrogen) atoms. The summed E-state index contributed by atoms with van der Waals surface area (Å²) in [5, 5.41) is 10.9. The van der Waals surface area contributed by atoms with E-state index in [9.17, 15) is 18.9 Å². The highest BCUT2D eigenvalue weighted by molar-refractivity contribution is 5.76. The number of hydrogen-bond acceptors (Lipinski definition) is 3. The van der Waals surface area contributed by atoms with Crippen LogP contribution < -0.4 is 0 Å². The monoisotopic (exact) mass is 388 g/mol. The van der Waals surface area contributed by atoms with Crippen LogP contribution in [0.15, 0.2) is 84.9 Å². The van der Waals surface area contributed by atoms with E-state index in [-0.39, 0.29) is 17.3 Å². The number of rotatable bonds is 4. The number of halogens is 2. The van der Waals surface area contributed by atoms with Crippen molar-refractivity contribution in [3.05, 3.63) is 107 Å². The molecule has 1 aromatic heterocycles. The van der Waals surface area contributed by atoms with Crippen molar-refractivity contribution in [1.29, 1.82) is 0 Å². The summed E-state index contributed by atoms with van der Waals surface area (Å²) in [7, 11) is 0. The van der Waals surface area contributed by atoms with Crippen molar-refractivity contribution >= 4 is 5.69 Å². The average molecular weight is 388 g/mol. The Kier molecular flexibility index (Phi) is 4.83. The Morgan fingerprint density at radius 2 is 1.03 bits per heavy atom. The summed E-state index contributed by atoms with van der Waals surface area (Å²) in [6, 6.07) is 21.8. The molecule has 0 saturated heterocycles. The van der Waals surface area contributed by atoms with E-state index in [1.807, 2.05) is 12.1 Å². The summed E-state index contributed by atoms with van der Waals surface area (Å²) in [6.45, 7) is 0. The second-order valence-corrected chi connectivity index (χ2v) is 6.44. The predicted octanol–water partition coefficient (Wildman–Crippen LogP) is 6.27. The van der Waals surface area contributed by atoms with Crippen molar-refractivity contribution in [3.63, 3.8) is 0 Å². The third-order valence-corrected chi connectivity index (χ3v) is 4.52. The van der Waals surface area contributed by atoms with Gasteiger partial charge in [0.05, 0.1) is 16.3 Å². The molecule has 0 fully saturated rings. The van der Waals surface area contributed by atoms with E-state index in [2.05, 4.69) is 4.98 Å². The first-order chi connectivity index (χ1) is 14.0. The third kappa shape index (κ3) is 4.01. The fourth-order valence-corrected chi connectivity index (χ4v) is 3.01. The van der Waals surface area contributed by atoms with E-state index in [4.69, 9.17) is 0 Å². The molecule has 142 valence electrons. The summed E-state index contributed by atoms with van der Waals surface area (Å²) >= 11 is 0. The highest BCUT2D eigenvalue weighted by Gasteiger charge is 2.11. The number of hydrogen-bond donors (Lipinski definition) is 0. The Bertz CT molecular complexity index is 1110. The molecular formula is C23H14F2N2O2. The van der Waals surface area contributed by atoms with E-state index in [0.717, 1.165) is 22.3 Å². The summed E-state index contributed by atoms with van der Waals surface area (Å²) in [6.07, 6.45) is 0. The van der Waals surface area contributed by atoms with Gasteiger partial charge in [0.1, 0.15) is 11.6 Å². The van der Waals surface area contributed by atoms with Crippen LogP contribution in [0.25, 0.3) is 33.6 Å². The lowest BCUT2D eigenvalue weighted by Gasteiger charge is -2.10. The van der Waals surface area contributed by atoms with Gasteiger partial charge >= 0.3 is 0 Å². The molecule has 0 saturated carbocycles. The fourth-order valence-electron chi connectivity index (χ4n) is 3.01. The second-order valence-electron chi connectivity index (χ2n) is 6.44. The van der Waals surface area contributed by atoms with Crippen molar-refractivity contribution in [2.45, 2.75) is 0 Å². The Morgan fingerprint density at radius 1 is 0.621 bits per heavy atom. The molecule has 0 aliphatic rings. The molecule has 4 rings (SSSR count). The molecule has 6 heteroatoms. The molecule has 0 radical (unpaired) electrons. The van der Waals surface area contributed by atoms with Gasteiger partial charge in [0, 0.05) is 23.3 Å². The van der Waals surface area contributed by atoms with E-state index < -0.39 is 4.92 Å². The van der Waals surface area contributed by atoms with Crippen LogP contribution >= 0.6 is 0 Å². The standard InChI is InChI=1S/C23H14F2N2O2/c24-19-7-1-16(2-8-19)22-13-18(15-5-11-21(12-6-15)27(28)29)14-23(26-22)17-3-9-20(25)10-4-17/h1-14H. The molecule has 0 bridgehead atoms. The number of benzene rings is 3. The van der Waals surface area contributed by atoms with Gasteiger partial charge in [-0.1, -0.05) is 0 Å². The molecule has 0 atom stereocenters. The van der Waals surface area contributed by atoms with Gasteiger partial charge in [-0.2, -0.15) is 0 Å². The predicted molar refractivity (Wildman–Crippen MR) is 107 cm³/mol. The molecule has 3 aromatic carbocycles. The summed E-state index contributed by atoms with van der Waals surface area (Å²) in [4.78, 5) is 15.1. The molecule has 1 heterocycles. The molecule has 0 unspecified atom stereocenters. The van der Waals surface area contributed by atoms with Crippen LogP contribution in [0, 0.1) is 21.7 Å². The molecule has 0 aliphatic carbocycles. The van der Waals surface area contributed by atoms with Crippen molar-refractivity contribution in [2.75, 3.05) is 0 Å². The second kappa shape index (κ2) is 7.59. The normalized spacial score (nSPS) is 10.7. The molecule has 0 amide bonds. The number of nitrogens with zero attached hydrogens (tertiary/aromatic N) is 2. The smallest absolute Gasteiger partial charge is 0.258 e. The van der Waals surface area contributed by atoms with E-state index in [1.54, 1.807) is 36.4 Å². The quantitative estimate of drug-likeness (QED) is 0.306. The molecule has 0 spiro atoms. The van der Waals surface area contributed by atoms with Crippen LogP contribution in [0.1, 0.15) is 0 Å². The van der Waals surface area contributed by atoms with Crippen LogP contribution in [0.3, 0.4) is 0 Å². The molecule has 0 aliphatic heterocycles. The maximum atomic E-state index is 13.3. The first-order valence-electron chi connectivity index (χ1n) is 8.78. The van der Waals surface area contributed by atoms with Gasteiger partial charge in [-0.05, 0) is 83.9 Å². The van der Waals surface area contributed by atoms with Crippen molar-refractivity contribution in [3.8, 4) is 33.6 Å². The lowest BCUT2D eigenvalue weighted by molar-refractivity contribution is -0.384. The largest absolute Gasteiger partial charge is 0.269 e. The van der Waals surface area contributed by atoms with Crippen LogP contribution in [0.2, 0.25) is 0 Å². The van der Waals surface area contributed by atoms with E-state index in [1.165, 1.54) is 36.4 Å². The summed E-state index contributed by atoms with van der Waals surface area (Å²) in [5.41, 5.74) is 4.22. The van der Waals surface area contributed by atoms with E-state index in [0.29, 0.717) is 11.4 Å². The first kappa shape index (κ1) is 18.4. The first-order valence-corrected chi connectivity index (χ1v) is 8.78. The van der Waals surface area contributed by atoms with Crippen molar-refractivity contribution < 1.29 is 13.7 Å². The molecule has 4 aromatic rings. The van der Waals surface area contributed by atoms with Gasteiger partial charge < -0.3 is 0 Å². The van der Waals surface area contributed by atoms with Crippen LogP contribution in [0.4, 0.5) is 14.5 Å². The number of pyridine rings is 1. The van der Waals surface area contributed by atoms with Crippen LogP contribution in [0.5, 0.6) is 0 Å². The minimum Gasteiger partial charge on any atom is -0.258 e. The topological polar surface area (TPSA) is 56.0 Å². The molecular weight excluding hydrogens is 374 g/mol. The fraction of sp³-hybridized carbons (Fsp3) is 0. The van der Waals surface area contributed by atoms with Gasteiger partial charge in [0.15, 0.2) is 0 Å². The Balaban J connectivity index is 1.86.